The van der Waals surface area contributed by atoms with Gasteiger partial charge in [-0.2, -0.15) is 0 Å². The molecule has 0 aliphatic heterocycles. The van der Waals surface area contributed by atoms with Gasteiger partial charge in [-0.3, -0.25) is 4.79 Å². The van der Waals surface area contributed by atoms with Gasteiger partial charge in [-0.15, -0.1) is 5.10 Å². The predicted octanol–water partition coefficient (Wildman–Crippen LogP) is 1.59. The largest absolute Gasteiger partial charge is 0.387 e. The number of aliphatic hydroxyl groups is 1. The number of hydrogen-bond acceptors (Lipinski definition) is 4. The normalized spacial score (nSPS) is 14.1. The molecule has 1 amide bonds. The van der Waals surface area contributed by atoms with Crippen LogP contribution in [0.2, 0.25) is 0 Å². The topological polar surface area (TPSA) is 80.0 Å². The zero-order valence-corrected chi connectivity index (χ0v) is 12.0. The first kappa shape index (κ1) is 15.6. The number of rotatable bonds is 8. The molecule has 2 atom stereocenters. The van der Waals surface area contributed by atoms with Gasteiger partial charge >= 0.3 is 0 Å². The van der Waals surface area contributed by atoms with E-state index in [2.05, 4.69) is 22.6 Å². The van der Waals surface area contributed by atoms with E-state index in [0.29, 0.717) is 18.7 Å². The highest BCUT2D eigenvalue weighted by atomic mass is 16.3. The lowest BCUT2D eigenvalue weighted by molar-refractivity contribution is -0.124. The van der Waals surface area contributed by atoms with Gasteiger partial charge < -0.3 is 10.4 Å². The molecule has 0 aliphatic carbocycles. The fourth-order valence-electron chi connectivity index (χ4n) is 1.70. The summed E-state index contributed by atoms with van der Waals surface area (Å²) in [6, 6.07) is -0.410. The van der Waals surface area contributed by atoms with Crippen LogP contribution < -0.4 is 5.32 Å². The second-order valence-electron chi connectivity index (χ2n) is 4.72. The molecule has 0 saturated heterocycles. The van der Waals surface area contributed by atoms with Gasteiger partial charge in [0.1, 0.15) is 11.7 Å². The average Bonchev–Trinajstić information content (AvgIpc) is 2.91. The van der Waals surface area contributed by atoms with E-state index in [9.17, 15) is 9.90 Å². The molecule has 6 heteroatoms. The number of hydrogen-bond donors (Lipinski definition) is 2. The highest BCUT2D eigenvalue weighted by Crippen LogP contribution is 2.14. The van der Waals surface area contributed by atoms with Gasteiger partial charge in [-0.25, -0.2) is 4.68 Å². The Morgan fingerprint density at radius 2 is 2.21 bits per heavy atom. The Bertz CT molecular complexity index is 392. The van der Waals surface area contributed by atoms with Gasteiger partial charge in [-0.05, 0) is 19.8 Å². The van der Waals surface area contributed by atoms with E-state index in [1.54, 1.807) is 13.1 Å². The van der Waals surface area contributed by atoms with Crippen molar-refractivity contribution < 1.29 is 9.90 Å². The molecular weight excluding hydrogens is 244 g/mol. The van der Waals surface area contributed by atoms with Gasteiger partial charge in [0, 0.05) is 6.54 Å². The van der Waals surface area contributed by atoms with Crippen molar-refractivity contribution in [2.24, 2.45) is 0 Å². The van der Waals surface area contributed by atoms with Crippen LogP contribution in [0.15, 0.2) is 6.20 Å². The van der Waals surface area contributed by atoms with Crippen LogP contribution in [0.4, 0.5) is 0 Å². The smallest absolute Gasteiger partial charge is 0.244 e. The van der Waals surface area contributed by atoms with Crippen LogP contribution in [0.25, 0.3) is 0 Å². The molecule has 1 aromatic rings. The summed E-state index contributed by atoms with van der Waals surface area (Å²) < 4.78 is 1.49. The second-order valence-corrected chi connectivity index (χ2v) is 4.72. The zero-order chi connectivity index (χ0) is 14.3. The van der Waals surface area contributed by atoms with Crippen LogP contribution in [-0.2, 0) is 4.79 Å². The summed E-state index contributed by atoms with van der Waals surface area (Å²) >= 11 is 0. The van der Waals surface area contributed by atoms with Crippen molar-refractivity contribution >= 4 is 5.91 Å². The minimum Gasteiger partial charge on any atom is -0.387 e. The van der Waals surface area contributed by atoms with E-state index < -0.39 is 12.1 Å². The number of carbonyl (C=O) groups excluding carboxylic acids is 1. The highest BCUT2D eigenvalue weighted by Gasteiger charge is 2.18. The minimum absolute atomic E-state index is 0.0708. The van der Waals surface area contributed by atoms with E-state index in [1.807, 2.05) is 6.92 Å². The maximum absolute atomic E-state index is 11.9. The summed E-state index contributed by atoms with van der Waals surface area (Å²) in [4.78, 5) is 11.9. The van der Waals surface area contributed by atoms with Crippen molar-refractivity contribution in [3.05, 3.63) is 11.9 Å². The first-order valence-corrected chi connectivity index (χ1v) is 6.97. The van der Waals surface area contributed by atoms with Gasteiger partial charge in [0.05, 0.1) is 12.3 Å². The van der Waals surface area contributed by atoms with Gasteiger partial charge in [0.15, 0.2) is 0 Å². The fraction of sp³-hybridized carbons (Fsp3) is 0.769. The van der Waals surface area contributed by atoms with Crippen LogP contribution in [-0.4, -0.2) is 32.6 Å². The quantitative estimate of drug-likeness (QED) is 0.702. The Morgan fingerprint density at radius 3 is 2.84 bits per heavy atom. The molecule has 0 saturated carbocycles. The number of aliphatic hydroxyl groups excluding tert-OH is 1. The number of nitrogens with zero attached hydrogens (tertiary/aromatic N) is 3. The van der Waals surface area contributed by atoms with E-state index in [0.717, 1.165) is 19.3 Å². The Balaban J connectivity index is 2.49. The van der Waals surface area contributed by atoms with Crippen molar-refractivity contribution in [1.82, 2.24) is 20.3 Å². The Morgan fingerprint density at radius 1 is 1.47 bits per heavy atom. The molecule has 1 aromatic heterocycles. The van der Waals surface area contributed by atoms with Gasteiger partial charge in [-0.1, -0.05) is 31.9 Å². The third-order valence-electron chi connectivity index (χ3n) is 3.11. The van der Waals surface area contributed by atoms with Crippen LogP contribution in [0.1, 0.15) is 64.3 Å². The third-order valence-corrected chi connectivity index (χ3v) is 3.11. The number of carbonyl (C=O) groups is 1. The summed E-state index contributed by atoms with van der Waals surface area (Å²) in [6.07, 6.45) is 4.83. The molecule has 2 N–H and O–H groups in total. The summed E-state index contributed by atoms with van der Waals surface area (Å²) in [5.41, 5.74) is 0.508. The molecule has 108 valence electrons. The number of unbranched alkanes of at least 4 members (excludes halogenated alkanes) is 2. The van der Waals surface area contributed by atoms with Crippen LogP contribution >= 0.6 is 0 Å². The van der Waals surface area contributed by atoms with E-state index >= 15 is 0 Å². The van der Waals surface area contributed by atoms with Crippen molar-refractivity contribution in [2.45, 2.75) is 58.6 Å². The van der Waals surface area contributed by atoms with Crippen LogP contribution in [0.5, 0.6) is 0 Å². The molecule has 1 heterocycles. The summed E-state index contributed by atoms with van der Waals surface area (Å²) in [6.45, 7) is 6.45. The van der Waals surface area contributed by atoms with Gasteiger partial charge in [0.25, 0.3) is 0 Å². The monoisotopic (exact) mass is 268 g/mol. The Kier molecular flexibility index (Phi) is 6.49. The van der Waals surface area contributed by atoms with E-state index in [1.165, 1.54) is 4.68 Å². The highest BCUT2D eigenvalue weighted by molar-refractivity contribution is 5.79. The van der Waals surface area contributed by atoms with Gasteiger partial charge in [0.2, 0.25) is 5.91 Å². The molecule has 19 heavy (non-hydrogen) atoms. The average molecular weight is 268 g/mol. The number of amides is 1. The first-order chi connectivity index (χ1) is 9.10. The lowest BCUT2D eigenvalue weighted by Crippen LogP contribution is -2.32. The Labute approximate surface area is 114 Å². The van der Waals surface area contributed by atoms with E-state index in [4.69, 9.17) is 0 Å². The molecule has 2 unspecified atom stereocenters. The fourth-order valence-corrected chi connectivity index (χ4v) is 1.70. The molecule has 6 nitrogen and oxygen atoms in total. The van der Waals surface area contributed by atoms with Crippen molar-refractivity contribution in [2.75, 3.05) is 6.54 Å². The molecule has 0 radical (unpaired) electrons. The number of aromatic nitrogens is 3. The number of nitrogens with one attached hydrogen (secondary N) is 1. The summed E-state index contributed by atoms with van der Waals surface area (Å²) in [7, 11) is 0. The molecule has 1 rings (SSSR count). The molecule has 0 aliphatic rings. The van der Waals surface area contributed by atoms with E-state index in [-0.39, 0.29) is 5.91 Å². The standard InChI is InChI=1S/C13H24N4O2/c1-4-6-7-8-14-13(19)10(3)17-9-11(15-16-17)12(18)5-2/h9-10,12,18H,4-8H2,1-3H3,(H,14,19). The maximum Gasteiger partial charge on any atom is 0.244 e. The lowest BCUT2D eigenvalue weighted by atomic mass is 10.2. The molecule has 0 aromatic carbocycles. The lowest BCUT2D eigenvalue weighted by Gasteiger charge is -2.11. The zero-order valence-electron chi connectivity index (χ0n) is 12.0. The van der Waals surface area contributed by atoms with Crippen LogP contribution in [0.3, 0.4) is 0 Å². The van der Waals surface area contributed by atoms with Crippen molar-refractivity contribution in [3.63, 3.8) is 0 Å². The van der Waals surface area contributed by atoms with Crippen molar-refractivity contribution in [1.29, 1.82) is 0 Å². The minimum atomic E-state index is -0.617. The maximum atomic E-state index is 11.9. The Hall–Kier alpha value is -1.43. The molecular formula is C13H24N4O2. The summed E-state index contributed by atoms with van der Waals surface area (Å²) in [5.74, 6) is -0.0708. The summed E-state index contributed by atoms with van der Waals surface area (Å²) in [5, 5.41) is 20.3. The second kappa shape index (κ2) is 7.89. The van der Waals surface area contributed by atoms with Crippen LogP contribution in [0, 0.1) is 0 Å². The SMILES string of the molecule is CCCCCNC(=O)C(C)n1cc(C(O)CC)nn1. The van der Waals surface area contributed by atoms with Crippen molar-refractivity contribution in [3.8, 4) is 0 Å². The molecule has 0 fully saturated rings. The molecule has 0 bridgehead atoms. The third kappa shape index (κ3) is 4.63. The molecule has 0 spiro atoms. The first-order valence-electron chi connectivity index (χ1n) is 6.97. The predicted molar refractivity (Wildman–Crippen MR) is 72.5 cm³/mol.